The van der Waals surface area contributed by atoms with Crippen LogP contribution >= 0.6 is 0 Å². The van der Waals surface area contributed by atoms with Crippen LogP contribution in [0.3, 0.4) is 0 Å². The first kappa shape index (κ1) is 14.5. The number of nitro benzene ring substituents is 1. The minimum absolute atomic E-state index is 0.128. The van der Waals surface area contributed by atoms with Crippen LogP contribution in [0.15, 0.2) is 23.4 Å². The number of benzene rings is 1. The summed E-state index contributed by atoms with van der Waals surface area (Å²) in [4.78, 5) is 9.98. The van der Waals surface area contributed by atoms with Crippen molar-refractivity contribution in [3.05, 3.63) is 39.1 Å². The Balaban J connectivity index is 3.41. The second kappa shape index (κ2) is 5.85. The van der Waals surface area contributed by atoms with Gasteiger partial charge in [-0.2, -0.15) is 15.8 Å². The molecule has 2 N–H and O–H groups in total. The van der Waals surface area contributed by atoms with Gasteiger partial charge in [-0.25, -0.2) is 0 Å². The van der Waals surface area contributed by atoms with E-state index in [0.29, 0.717) is 5.56 Å². The summed E-state index contributed by atoms with van der Waals surface area (Å²) in [6.45, 7) is 1.56. The lowest BCUT2D eigenvalue weighted by Gasteiger charge is -2.08. The fourth-order valence-electron chi connectivity index (χ4n) is 1.41. The van der Waals surface area contributed by atoms with E-state index in [0.717, 1.165) is 6.07 Å². The van der Waals surface area contributed by atoms with E-state index >= 15 is 0 Å². The summed E-state index contributed by atoms with van der Waals surface area (Å²) in [5, 5.41) is 49.1. The van der Waals surface area contributed by atoms with Crippen LogP contribution in [0.25, 0.3) is 0 Å². The fraction of sp³-hybridized carbons (Fsp3) is 0.0833. The maximum atomic E-state index is 10.8. The van der Waals surface area contributed by atoms with Crippen LogP contribution in [0.2, 0.25) is 0 Å². The Bertz CT molecular complexity index is 715. The lowest BCUT2D eigenvalue weighted by Crippen LogP contribution is -2.02. The van der Waals surface area contributed by atoms with E-state index < -0.39 is 27.6 Å². The number of nitriles is 3. The highest BCUT2D eigenvalue weighted by atomic mass is 16.6. The summed E-state index contributed by atoms with van der Waals surface area (Å²) in [6, 6.07) is 7.13. The molecule has 0 spiro atoms. The van der Waals surface area contributed by atoms with Gasteiger partial charge < -0.3 is 10.4 Å². The molecule has 0 unspecified atom stereocenters. The van der Waals surface area contributed by atoms with Gasteiger partial charge >= 0.3 is 5.69 Å². The number of aromatic hydroxyl groups is 1. The molecule has 0 radical (unpaired) electrons. The second-order valence-electron chi connectivity index (χ2n) is 3.65. The molecule has 0 aromatic heterocycles. The number of rotatable bonds is 3. The monoisotopic (exact) mass is 269 g/mol. The van der Waals surface area contributed by atoms with Crippen molar-refractivity contribution in [1.29, 1.82) is 15.8 Å². The van der Waals surface area contributed by atoms with E-state index in [1.54, 1.807) is 13.0 Å². The van der Waals surface area contributed by atoms with E-state index in [-0.39, 0.29) is 5.69 Å². The van der Waals surface area contributed by atoms with Crippen molar-refractivity contribution in [2.75, 3.05) is 5.32 Å². The zero-order valence-corrected chi connectivity index (χ0v) is 10.2. The Morgan fingerprint density at radius 3 is 2.35 bits per heavy atom. The third-order valence-electron chi connectivity index (χ3n) is 2.28. The van der Waals surface area contributed by atoms with E-state index in [9.17, 15) is 15.2 Å². The number of nitrogens with one attached hydrogen (secondary N) is 1. The van der Waals surface area contributed by atoms with Crippen molar-refractivity contribution in [1.82, 2.24) is 0 Å². The second-order valence-corrected chi connectivity index (χ2v) is 3.65. The minimum Gasteiger partial charge on any atom is -0.501 e. The van der Waals surface area contributed by atoms with Crippen molar-refractivity contribution in [3.63, 3.8) is 0 Å². The lowest BCUT2D eigenvalue weighted by molar-refractivity contribution is -0.385. The largest absolute Gasteiger partial charge is 0.501 e. The van der Waals surface area contributed by atoms with E-state index in [1.807, 2.05) is 0 Å². The summed E-state index contributed by atoms with van der Waals surface area (Å²) in [6.07, 6.45) is 0. The normalized spacial score (nSPS) is 8.70. The van der Waals surface area contributed by atoms with Gasteiger partial charge in [0.25, 0.3) is 0 Å². The van der Waals surface area contributed by atoms with Crippen LogP contribution in [0, 0.1) is 51.0 Å². The molecule has 98 valence electrons. The molecular weight excluding hydrogens is 262 g/mol. The molecule has 0 atom stereocenters. The van der Waals surface area contributed by atoms with Crippen molar-refractivity contribution in [2.24, 2.45) is 0 Å². The first-order valence-corrected chi connectivity index (χ1v) is 5.14. The highest BCUT2D eigenvalue weighted by molar-refractivity contribution is 5.71. The molecule has 1 rings (SSSR count). The SMILES string of the molecule is Cc1cc(NC(C#N)=C(C#N)C#N)c(O)c([N+](=O)[O-])c1. The number of hydrogen-bond acceptors (Lipinski definition) is 7. The van der Waals surface area contributed by atoms with E-state index in [1.165, 1.54) is 18.2 Å². The third-order valence-corrected chi connectivity index (χ3v) is 2.28. The molecule has 0 saturated heterocycles. The molecule has 8 nitrogen and oxygen atoms in total. The van der Waals surface area contributed by atoms with Crippen molar-refractivity contribution in [2.45, 2.75) is 6.92 Å². The molecular formula is C12H7N5O3. The Kier molecular flexibility index (Phi) is 4.24. The number of hydrogen-bond donors (Lipinski definition) is 2. The molecule has 1 aromatic rings. The number of aryl methyl sites for hydroxylation is 1. The molecule has 8 heteroatoms. The molecule has 0 heterocycles. The van der Waals surface area contributed by atoms with Crippen LogP contribution in [-0.2, 0) is 0 Å². The van der Waals surface area contributed by atoms with E-state index in [2.05, 4.69) is 5.32 Å². The average Bonchev–Trinajstić information content (AvgIpc) is 2.41. The first-order chi connectivity index (χ1) is 9.44. The maximum Gasteiger partial charge on any atom is 0.313 e. The number of anilines is 1. The van der Waals surface area contributed by atoms with Gasteiger partial charge in [0.15, 0.2) is 5.57 Å². The van der Waals surface area contributed by atoms with Gasteiger partial charge in [-0.1, -0.05) is 0 Å². The number of allylic oxidation sites excluding steroid dienone is 2. The van der Waals surface area contributed by atoms with Crippen molar-refractivity contribution >= 4 is 11.4 Å². The molecule has 20 heavy (non-hydrogen) atoms. The summed E-state index contributed by atoms with van der Waals surface area (Å²) in [7, 11) is 0. The third kappa shape index (κ3) is 2.81. The molecule has 0 aliphatic heterocycles. The Morgan fingerprint density at radius 1 is 1.30 bits per heavy atom. The van der Waals surface area contributed by atoms with Crippen LogP contribution in [0.1, 0.15) is 5.56 Å². The number of phenols is 1. The minimum atomic E-state index is -0.779. The zero-order valence-electron chi connectivity index (χ0n) is 10.2. The Morgan fingerprint density at radius 2 is 1.90 bits per heavy atom. The number of phenolic OH excluding ortho intramolecular Hbond substituents is 1. The standard InChI is InChI=1S/C12H7N5O3/c1-7-2-9(12(18)11(3-7)17(19)20)16-10(6-15)8(4-13)5-14/h2-3,16,18H,1H3. The van der Waals surface area contributed by atoms with Crippen LogP contribution in [-0.4, -0.2) is 10.0 Å². The van der Waals surface area contributed by atoms with Gasteiger partial charge in [-0.15, -0.1) is 0 Å². The van der Waals surface area contributed by atoms with Crippen LogP contribution in [0.4, 0.5) is 11.4 Å². The molecule has 0 aliphatic carbocycles. The predicted octanol–water partition coefficient (Wildman–Crippen LogP) is 1.85. The van der Waals surface area contributed by atoms with Gasteiger partial charge in [-0.05, 0) is 18.6 Å². The Labute approximate surface area is 113 Å². The molecule has 1 aromatic carbocycles. The van der Waals surface area contributed by atoms with Gasteiger partial charge in [-0.3, -0.25) is 10.1 Å². The summed E-state index contributed by atoms with van der Waals surface area (Å²) >= 11 is 0. The molecule has 0 aliphatic rings. The van der Waals surface area contributed by atoms with Crippen LogP contribution in [0.5, 0.6) is 5.75 Å². The van der Waals surface area contributed by atoms with Gasteiger partial charge in [0.1, 0.15) is 23.9 Å². The first-order valence-electron chi connectivity index (χ1n) is 5.14. The fourth-order valence-corrected chi connectivity index (χ4v) is 1.41. The molecule has 0 bridgehead atoms. The predicted molar refractivity (Wildman–Crippen MR) is 67.0 cm³/mol. The quantitative estimate of drug-likeness (QED) is 0.368. The molecule has 0 amide bonds. The number of nitrogens with zero attached hydrogens (tertiary/aromatic N) is 4. The molecule has 0 fully saturated rings. The van der Waals surface area contributed by atoms with Gasteiger partial charge in [0.05, 0.1) is 10.6 Å². The summed E-state index contributed by atoms with van der Waals surface area (Å²) in [5.41, 5.74) is -1.09. The highest BCUT2D eigenvalue weighted by Crippen LogP contribution is 2.35. The van der Waals surface area contributed by atoms with Gasteiger partial charge in [0.2, 0.25) is 5.75 Å². The highest BCUT2D eigenvalue weighted by Gasteiger charge is 2.19. The maximum absolute atomic E-state index is 10.8. The molecule has 0 saturated carbocycles. The lowest BCUT2D eigenvalue weighted by atomic mass is 10.1. The van der Waals surface area contributed by atoms with Crippen molar-refractivity contribution < 1.29 is 10.0 Å². The van der Waals surface area contributed by atoms with Gasteiger partial charge in [0, 0.05) is 6.07 Å². The number of nitro groups is 1. The van der Waals surface area contributed by atoms with E-state index in [4.69, 9.17) is 15.8 Å². The summed E-state index contributed by atoms with van der Waals surface area (Å²) < 4.78 is 0. The summed E-state index contributed by atoms with van der Waals surface area (Å²) in [5.74, 6) is -0.677. The average molecular weight is 269 g/mol. The zero-order chi connectivity index (χ0) is 15.3. The smallest absolute Gasteiger partial charge is 0.313 e. The topological polar surface area (TPSA) is 147 Å². The van der Waals surface area contributed by atoms with Crippen LogP contribution < -0.4 is 5.32 Å². The Hall–Kier alpha value is -3.57. The van der Waals surface area contributed by atoms with Crippen molar-refractivity contribution in [3.8, 4) is 24.0 Å².